The molecule has 0 spiro atoms. The van der Waals surface area contributed by atoms with Gasteiger partial charge in [0.25, 0.3) is 0 Å². The highest BCUT2D eigenvalue weighted by Gasteiger charge is 2.44. The number of benzene rings is 4. The largest absolute Gasteiger partial charge is 0.391 e. The van der Waals surface area contributed by atoms with E-state index < -0.39 is 162 Å². The van der Waals surface area contributed by atoms with Crippen molar-refractivity contribution < 1.29 is 67.4 Å². The van der Waals surface area contributed by atoms with Gasteiger partial charge < -0.3 is 70.7 Å². The summed E-state index contributed by atoms with van der Waals surface area (Å²) in [5, 5.41) is 25.5. The number of rotatable bonds is 16. The maximum Gasteiger partial charge on any atom is 0.248 e. The molecule has 4 aromatic rings. The highest BCUT2D eigenvalue weighted by molar-refractivity contribution is 6.00. The van der Waals surface area contributed by atoms with Crippen molar-refractivity contribution in [3.05, 3.63) is 144 Å². The third-order valence-corrected chi connectivity index (χ3v) is 19.7. The predicted octanol–water partition coefficient (Wildman–Crippen LogP) is 4.09. The van der Waals surface area contributed by atoms with E-state index in [0.717, 1.165) is 16.2 Å². The zero-order chi connectivity index (χ0) is 78.4. The highest BCUT2D eigenvalue weighted by atomic mass is 16.5. The van der Waals surface area contributed by atoms with Crippen LogP contribution >= 0.6 is 0 Å². The number of nitrogens with one attached hydrogen (secondary N) is 5. The molecule has 106 heavy (non-hydrogen) atoms. The van der Waals surface area contributed by atoms with Gasteiger partial charge in [0.1, 0.15) is 66.5 Å². The minimum Gasteiger partial charge on any atom is -0.391 e. The number of carbonyl (C=O) groups excluding carboxylic acids is 12. The van der Waals surface area contributed by atoms with Gasteiger partial charge in [0.2, 0.25) is 70.9 Å². The summed E-state index contributed by atoms with van der Waals surface area (Å²) in [4.78, 5) is 190. The summed E-state index contributed by atoms with van der Waals surface area (Å²) in [6, 6.07) is 19.5. The minimum absolute atomic E-state index is 0.0673. The fourth-order valence-electron chi connectivity index (χ4n) is 13.2. The number of amides is 12. The molecule has 6 rings (SSSR count). The van der Waals surface area contributed by atoms with Crippen LogP contribution in [0, 0.1) is 11.8 Å². The molecule has 26 nitrogen and oxygen atoms in total. The predicted molar refractivity (Wildman–Crippen MR) is 402 cm³/mol. The van der Waals surface area contributed by atoms with E-state index in [-0.39, 0.29) is 50.4 Å². The van der Waals surface area contributed by atoms with Crippen molar-refractivity contribution >= 4 is 70.9 Å². The summed E-state index contributed by atoms with van der Waals surface area (Å²) < 4.78 is 6.23. The van der Waals surface area contributed by atoms with E-state index in [2.05, 4.69) is 26.6 Å². The van der Waals surface area contributed by atoms with Gasteiger partial charge in [-0.1, -0.05) is 149 Å². The number of likely N-dealkylation sites (tertiary alicyclic amines) is 1. The van der Waals surface area contributed by atoms with Crippen molar-refractivity contribution in [1.82, 2.24) is 60.9 Å². The van der Waals surface area contributed by atoms with Crippen LogP contribution in [0.2, 0.25) is 0 Å². The Morgan fingerprint density at radius 1 is 0.443 bits per heavy atom. The molecular weight excluding hydrogens is 1350 g/mol. The molecule has 2 heterocycles. The molecule has 0 aliphatic carbocycles. The van der Waals surface area contributed by atoms with Crippen LogP contribution in [0.15, 0.2) is 121 Å². The van der Waals surface area contributed by atoms with Crippen molar-refractivity contribution in [3.8, 4) is 0 Å². The Morgan fingerprint density at radius 2 is 0.821 bits per heavy atom. The van der Waals surface area contributed by atoms with Crippen LogP contribution in [0.3, 0.4) is 0 Å². The van der Waals surface area contributed by atoms with Gasteiger partial charge in [-0.15, -0.1) is 0 Å². The van der Waals surface area contributed by atoms with E-state index in [1.165, 1.54) is 82.7 Å². The zero-order valence-electron chi connectivity index (χ0n) is 64.7. The molecule has 2 fully saturated rings. The van der Waals surface area contributed by atoms with Gasteiger partial charge in [0.15, 0.2) is 0 Å². The van der Waals surface area contributed by atoms with Gasteiger partial charge >= 0.3 is 0 Å². The zero-order valence-corrected chi connectivity index (χ0v) is 64.7. The summed E-state index contributed by atoms with van der Waals surface area (Å²) >= 11 is 0. The van der Waals surface area contributed by atoms with Crippen LogP contribution in [0.1, 0.15) is 130 Å². The first kappa shape index (κ1) is 85.4. The van der Waals surface area contributed by atoms with Crippen molar-refractivity contribution in [1.29, 1.82) is 0 Å². The monoisotopic (exact) mass is 1470 g/mol. The fourth-order valence-corrected chi connectivity index (χ4v) is 13.2. The first-order valence-electron chi connectivity index (χ1n) is 36.9. The van der Waals surface area contributed by atoms with Gasteiger partial charge in [-0.3, -0.25) is 57.5 Å². The van der Waals surface area contributed by atoms with E-state index in [1.807, 2.05) is 27.7 Å². The van der Waals surface area contributed by atoms with Gasteiger partial charge in [-0.05, 0) is 108 Å². The smallest absolute Gasteiger partial charge is 0.248 e. The number of piperidine rings is 1. The molecule has 6 N–H and O–H groups in total. The third-order valence-electron chi connectivity index (χ3n) is 19.7. The summed E-state index contributed by atoms with van der Waals surface area (Å²) in [5.74, 6) is -9.71. The lowest BCUT2D eigenvalue weighted by atomic mass is 9.97. The molecule has 0 saturated carbocycles. The molecule has 2 aliphatic rings. The summed E-state index contributed by atoms with van der Waals surface area (Å²) in [5.41, 5.74) is 1.54. The first-order valence-corrected chi connectivity index (χ1v) is 36.9. The van der Waals surface area contributed by atoms with E-state index in [4.69, 9.17) is 4.74 Å². The molecule has 578 valence electrons. The van der Waals surface area contributed by atoms with Crippen LogP contribution in [-0.2, 0) is 88.0 Å². The normalized spacial score (nSPS) is 24.9. The average molecular weight is 1470 g/mol. The Morgan fingerprint density at radius 3 is 1.25 bits per heavy atom. The fraction of sp³-hybridized carbons (Fsp3) is 0.550. The van der Waals surface area contributed by atoms with Crippen molar-refractivity contribution in [2.75, 3.05) is 62.0 Å². The van der Waals surface area contributed by atoms with Crippen LogP contribution in [0.25, 0.3) is 0 Å². The Bertz CT molecular complexity index is 3630. The van der Waals surface area contributed by atoms with Crippen LogP contribution < -0.4 is 26.6 Å². The number of hydrogen-bond donors (Lipinski definition) is 6. The van der Waals surface area contributed by atoms with Crippen molar-refractivity contribution in [2.45, 2.75) is 212 Å². The Balaban J connectivity index is 1.51. The second kappa shape index (κ2) is 39.7. The lowest BCUT2D eigenvalue weighted by Crippen LogP contribution is -2.63. The summed E-state index contributed by atoms with van der Waals surface area (Å²) in [6.07, 6.45) is -0.415. The van der Waals surface area contributed by atoms with E-state index >= 15 is 43.2 Å². The van der Waals surface area contributed by atoms with Gasteiger partial charge in [-0.25, -0.2) is 0 Å². The number of hydrogen-bond acceptors (Lipinski definition) is 14. The number of carbonyl (C=O) groups is 12. The number of nitrogens with zero attached hydrogens (tertiary/aromatic N) is 7. The van der Waals surface area contributed by atoms with Gasteiger partial charge in [-0.2, -0.15) is 0 Å². The molecule has 0 bridgehead atoms. The molecule has 2 saturated heterocycles. The molecule has 0 radical (unpaired) electrons. The van der Waals surface area contributed by atoms with Crippen LogP contribution in [-0.4, -0.2) is 250 Å². The van der Waals surface area contributed by atoms with E-state index in [1.54, 1.807) is 147 Å². The lowest BCUT2D eigenvalue weighted by Gasteiger charge is -2.38. The molecule has 12 amide bonds. The summed E-state index contributed by atoms with van der Waals surface area (Å²) in [6.45, 7) is 17.0. The van der Waals surface area contributed by atoms with Gasteiger partial charge in [0.05, 0.1) is 24.7 Å². The maximum absolute atomic E-state index is 15.6. The molecule has 0 aromatic heterocycles. The maximum atomic E-state index is 15.6. The number of likely N-dealkylation sites (N-methyl/N-ethyl adjacent to an activating group) is 6. The molecule has 2 aliphatic heterocycles. The van der Waals surface area contributed by atoms with Crippen LogP contribution in [0.4, 0.5) is 0 Å². The molecular formula is C80H114N12O14. The number of ether oxygens (including phenoxy) is 1. The van der Waals surface area contributed by atoms with Crippen molar-refractivity contribution in [2.24, 2.45) is 11.8 Å². The molecule has 0 unspecified atom stereocenters. The lowest BCUT2D eigenvalue weighted by molar-refractivity contribution is -0.153. The second-order valence-electron chi connectivity index (χ2n) is 30.2. The molecule has 26 heteroatoms. The Kier molecular flexibility index (Phi) is 32.0. The van der Waals surface area contributed by atoms with Gasteiger partial charge in [0, 0.05) is 81.1 Å². The Hall–Kier alpha value is -9.56. The van der Waals surface area contributed by atoms with E-state index in [9.17, 15) is 19.5 Å². The number of aliphatic hydroxyl groups excluding tert-OH is 1. The van der Waals surface area contributed by atoms with Crippen molar-refractivity contribution in [3.63, 3.8) is 0 Å². The molecule has 12 atom stereocenters. The quantitative estimate of drug-likeness (QED) is 0.0921. The standard InChI is InChI=1S/C80H114N12O14/c1-50(2)42-59-75(101)88(13)63(44-55-32-22-17-23-33-55)71(97)84-61(49-106-80(8,9)10)76(102)89(14)65(46-57-36-26-19-27-37-57)72(98)85-68(54(7)93)79(105)86(11)53(6)74(100)91(16)66(47-58-38-28-20-29-39-58)78(104)90(15)64(45-56-34-24-18-25-35-56)70(96)83-60(77(103)92-40-30-21-31-41-92)48-67(94)81-52(5)73(99)87(12)62(43-51(3)4)69(95)82-59/h17-20,22-29,32-39,50-54,59-66,68,93H,21,30-31,40-49H2,1-16H3,(H,81,94)(H,82,95)(H,83,96)(H,84,97)(H,85,98)/t52-,53+,54-,59+,60+,61+,62+,63+,64+,65+,66+,68+/m1/s1. The topological polar surface area (TPSA) is 317 Å². The third kappa shape index (κ3) is 24.2. The SMILES string of the molecule is CC(C)C[C@@H]1NC(=O)[C@H](CC(C)C)N(C)C(=O)[C@@H](C)NC(=O)C[C@@H](C(=O)N2CCCCC2)NC(=O)[C@H](Cc2ccccc2)N(C)C(=O)[C@H](Cc2ccccc2)N(C)C(=O)[C@H](C)N(C)C(=O)[C@H]([C@@H](C)O)NC(=O)[C@H](Cc2ccccc2)N(C)C(=O)[C@H](COC(C)(C)C)NC(=O)[C@H](Cc2ccccc2)N(C)C1=O. The number of aliphatic hydroxyl groups is 1. The van der Waals surface area contributed by atoms with E-state index in [0.29, 0.717) is 48.2 Å². The Labute approximate surface area is 625 Å². The average Bonchev–Trinajstić information content (AvgIpc) is 0.810. The van der Waals surface area contributed by atoms with Crippen LogP contribution in [0.5, 0.6) is 0 Å². The second-order valence-corrected chi connectivity index (χ2v) is 30.2. The minimum atomic E-state index is -1.76. The molecule has 4 aromatic carbocycles. The summed E-state index contributed by atoms with van der Waals surface area (Å²) in [7, 11) is 8.25. The first-order chi connectivity index (χ1) is 50.0. The highest BCUT2D eigenvalue weighted by Crippen LogP contribution is 2.23.